The second-order valence-electron chi connectivity index (χ2n) is 8.85. The molecule has 0 radical (unpaired) electrons. The maximum Gasteiger partial charge on any atom is 0.247 e. The minimum absolute atomic E-state index is 0.0630. The second-order valence-corrected chi connectivity index (χ2v) is 10.0. The number of aldehydes is 1. The number of halogens is 1. The van der Waals surface area contributed by atoms with Crippen molar-refractivity contribution >= 4 is 40.7 Å². The van der Waals surface area contributed by atoms with Crippen LogP contribution in [0.15, 0.2) is 23.8 Å². The van der Waals surface area contributed by atoms with Gasteiger partial charge < -0.3 is 34.6 Å². The minimum atomic E-state index is -1.17. The number of hydrogen-bond acceptors (Lipinski definition) is 8. The number of ether oxygens (including phenoxy) is 3. The topological polar surface area (TPSA) is 135 Å². The zero-order valence-corrected chi connectivity index (χ0v) is 23.2. The van der Waals surface area contributed by atoms with Crippen LogP contribution in [0.2, 0.25) is 0 Å². The maximum atomic E-state index is 13.2. The predicted molar refractivity (Wildman–Crippen MR) is 141 cm³/mol. The van der Waals surface area contributed by atoms with Crippen LogP contribution < -0.4 is 14.8 Å². The maximum absolute atomic E-state index is 13.2. The number of hydrogen-bond donors (Lipinski definition) is 3. The summed E-state index contributed by atoms with van der Waals surface area (Å²) in [5, 5.41) is 23.1. The number of aliphatic hydroxyl groups excluding tert-OH is 2. The third kappa shape index (κ3) is 7.89. The van der Waals surface area contributed by atoms with Crippen LogP contribution in [-0.4, -0.2) is 92.0 Å². The average Bonchev–Trinajstić information content (AvgIpc) is 2.84. The molecule has 0 fully saturated rings. The van der Waals surface area contributed by atoms with E-state index in [2.05, 4.69) is 5.32 Å². The largest absolute Gasteiger partial charge is 0.493 e. The van der Waals surface area contributed by atoms with Gasteiger partial charge in [-0.1, -0.05) is 13.8 Å². The average molecular weight is 618 g/mol. The molecule has 200 valence electrons. The number of methoxy groups -OCH3 is 2. The van der Waals surface area contributed by atoms with E-state index in [4.69, 9.17) is 19.3 Å². The number of amides is 2. The quantitative estimate of drug-likeness (QED) is 0.224. The summed E-state index contributed by atoms with van der Waals surface area (Å²) in [5.74, 6) is 0.113. The number of carbonyl (C=O) groups is 3. The molecule has 2 rings (SSSR count). The molecule has 0 bridgehead atoms. The Morgan fingerprint density at radius 1 is 1.31 bits per heavy atom. The number of benzene rings is 1. The van der Waals surface area contributed by atoms with Crippen LogP contribution in [0.3, 0.4) is 0 Å². The summed E-state index contributed by atoms with van der Waals surface area (Å²) in [4.78, 5) is 38.8. The van der Waals surface area contributed by atoms with Crippen molar-refractivity contribution in [1.29, 1.82) is 0 Å². The lowest BCUT2D eigenvalue weighted by molar-refractivity contribution is -0.140. The Hall–Kier alpha value is -2.22. The zero-order chi connectivity index (χ0) is 26.8. The van der Waals surface area contributed by atoms with Crippen molar-refractivity contribution in [1.82, 2.24) is 10.2 Å². The van der Waals surface area contributed by atoms with Gasteiger partial charge in [0.25, 0.3) is 0 Å². The van der Waals surface area contributed by atoms with E-state index in [1.165, 1.54) is 26.4 Å². The first-order valence-electron chi connectivity index (χ1n) is 11.7. The summed E-state index contributed by atoms with van der Waals surface area (Å²) >= 11 is 2.00. The van der Waals surface area contributed by atoms with Crippen molar-refractivity contribution in [2.45, 2.75) is 44.9 Å². The number of nitrogens with one attached hydrogen (secondary N) is 1. The van der Waals surface area contributed by atoms with E-state index < -0.39 is 24.2 Å². The molecule has 3 N–H and O–H groups in total. The Kier molecular flexibility index (Phi) is 12.1. The van der Waals surface area contributed by atoms with Gasteiger partial charge in [-0.15, -0.1) is 0 Å². The number of rotatable bonds is 13. The Morgan fingerprint density at radius 3 is 2.61 bits per heavy atom. The minimum Gasteiger partial charge on any atom is -0.493 e. The van der Waals surface area contributed by atoms with Crippen molar-refractivity contribution in [3.05, 3.63) is 32.9 Å². The third-order valence-electron chi connectivity index (χ3n) is 5.70. The van der Waals surface area contributed by atoms with Gasteiger partial charge >= 0.3 is 0 Å². The van der Waals surface area contributed by atoms with E-state index in [9.17, 15) is 19.5 Å². The summed E-state index contributed by atoms with van der Waals surface area (Å²) in [6, 6.07) is 2.38. The monoisotopic (exact) mass is 618 g/mol. The molecule has 3 atom stereocenters. The molecular weight excluding hydrogens is 583 g/mol. The molecule has 1 aromatic carbocycles. The smallest absolute Gasteiger partial charge is 0.247 e. The standard InChI is InChI=1S/C25H35IN2O8/c1-15(2)9-22(31)28(6-8-34-3)19-12-17(25(33)27-5-7-29)13-20(23(19)32)36-24-18(26)10-16(14-30)11-21(24)35-4/h10-11,13-15,19-20,23,29,32H,5-9,12H2,1-4H3,(H,27,33). The molecule has 1 aliphatic carbocycles. The van der Waals surface area contributed by atoms with Crippen molar-refractivity contribution in [2.24, 2.45) is 5.92 Å². The van der Waals surface area contributed by atoms with Gasteiger partial charge in [0.15, 0.2) is 11.5 Å². The van der Waals surface area contributed by atoms with Gasteiger partial charge in [0.1, 0.15) is 18.5 Å². The van der Waals surface area contributed by atoms with Crippen molar-refractivity contribution < 1.29 is 38.8 Å². The van der Waals surface area contributed by atoms with E-state index in [1.807, 2.05) is 36.4 Å². The summed E-state index contributed by atoms with van der Waals surface area (Å²) in [6.07, 6.45) is 0.423. The van der Waals surface area contributed by atoms with Crippen molar-refractivity contribution in [2.75, 3.05) is 40.5 Å². The molecule has 2 amide bonds. The second kappa shape index (κ2) is 14.5. The Bertz CT molecular complexity index is 952. The van der Waals surface area contributed by atoms with E-state index >= 15 is 0 Å². The van der Waals surface area contributed by atoms with Gasteiger partial charge in [-0.2, -0.15) is 0 Å². The van der Waals surface area contributed by atoms with Gasteiger partial charge in [0.2, 0.25) is 11.8 Å². The fourth-order valence-corrected chi connectivity index (χ4v) is 4.72. The van der Waals surface area contributed by atoms with E-state index in [0.29, 0.717) is 32.5 Å². The Balaban J connectivity index is 2.49. The molecule has 0 saturated carbocycles. The first kappa shape index (κ1) is 30.0. The van der Waals surface area contributed by atoms with Crippen LogP contribution in [0.5, 0.6) is 11.5 Å². The highest BCUT2D eigenvalue weighted by molar-refractivity contribution is 14.1. The van der Waals surface area contributed by atoms with Gasteiger partial charge in [-0.25, -0.2) is 0 Å². The number of aliphatic hydroxyl groups is 2. The van der Waals surface area contributed by atoms with E-state index in [-0.39, 0.29) is 51.0 Å². The zero-order valence-electron chi connectivity index (χ0n) is 21.0. The first-order valence-corrected chi connectivity index (χ1v) is 12.8. The molecular formula is C25H35IN2O8. The number of nitrogens with zero attached hydrogens (tertiary/aromatic N) is 1. The Morgan fingerprint density at radius 2 is 2.03 bits per heavy atom. The van der Waals surface area contributed by atoms with Crippen LogP contribution in [0.25, 0.3) is 0 Å². The molecule has 0 aliphatic heterocycles. The fraction of sp³-hybridized carbons (Fsp3) is 0.560. The summed E-state index contributed by atoms with van der Waals surface area (Å²) < 4.78 is 17.4. The molecule has 3 unspecified atom stereocenters. The molecule has 0 heterocycles. The molecule has 10 nitrogen and oxygen atoms in total. The molecule has 1 aromatic rings. The highest BCUT2D eigenvalue weighted by Crippen LogP contribution is 2.37. The number of carbonyl (C=O) groups excluding carboxylic acids is 3. The van der Waals surface area contributed by atoms with E-state index in [1.54, 1.807) is 11.0 Å². The molecule has 0 aromatic heterocycles. The van der Waals surface area contributed by atoms with Gasteiger partial charge in [0.05, 0.1) is 29.9 Å². The van der Waals surface area contributed by atoms with Gasteiger partial charge in [0, 0.05) is 44.2 Å². The lowest BCUT2D eigenvalue weighted by Gasteiger charge is -2.41. The van der Waals surface area contributed by atoms with Crippen LogP contribution in [0.1, 0.15) is 37.0 Å². The normalized spacial score (nSPS) is 19.4. The molecule has 0 spiro atoms. The van der Waals surface area contributed by atoms with Crippen LogP contribution in [-0.2, 0) is 14.3 Å². The predicted octanol–water partition coefficient (Wildman–Crippen LogP) is 1.55. The molecule has 11 heteroatoms. The summed E-state index contributed by atoms with van der Waals surface area (Å²) in [7, 11) is 2.97. The molecule has 0 saturated heterocycles. The highest BCUT2D eigenvalue weighted by atomic mass is 127. The van der Waals surface area contributed by atoms with Crippen LogP contribution in [0.4, 0.5) is 0 Å². The lowest BCUT2D eigenvalue weighted by atomic mass is 9.87. The van der Waals surface area contributed by atoms with Crippen LogP contribution >= 0.6 is 22.6 Å². The third-order valence-corrected chi connectivity index (χ3v) is 6.50. The van der Waals surface area contributed by atoms with E-state index in [0.717, 1.165) is 0 Å². The van der Waals surface area contributed by atoms with Gasteiger partial charge in [-0.3, -0.25) is 14.4 Å². The molecule has 1 aliphatic rings. The highest BCUT2D eigenvalue weighted by Gasteiger charge is 2.40. The first-order chi connectivity index (χ1) is 17.2. The lowest BCUT2D eigenvalue weighted by Crippen LogP contribution is -2.56. The van der Waals surface area contributed by atoms with Crippen molar-refractivity contribution in [3.63, 3.8) is 0 Å². The van der Waals surface area contributed by atoms with Gasteiger partial charge in [-0.05, 0) is 46.7 Å². The molecule has 36 heavy (non-hydrogen) atoms. The van der Waals surface area contributed by atoms with Crippen LogP contribution in [0, 0.1) is 9.49 Å². The summed E-state index contributed by atoms with van der Waals surface area (Å²) in [6.45, 7) is 4.19. The Labute approximate surface area is 225 Å². The fourth-order valence-electron chi connectivity index (χ4n) is 3.97. The summed E-state index contributed by atoms with van der Waals surface area (Å²) in [5.41, 5.74) is 0.720. The SMILES string of the molecule is COCCN(C(=O)CC(C)C)C1CC(C(=O)NCCO)=CC(Oc2c(I)cc(C=O)cc2OC)C1O. The van der Waals surface area contributed by atoms with Crippen molar-refractivity contribution in [3.8, 4) is 11.5 Å².